The molecule has 0 unspecified atom stereocenters. The fourth-order valence-electron chi connectivity index (χ4n) is 3.88. The van der Waals surface area contributed by atoms with Crippen molar-refractivity contribution in [2.75, 3.05) is 10.6 Å². The van der Waals surface area contributed by atoms with E-state index in [2.05, 4.69) is 50.7 Å². The van der Waals surface area contributed by atoms with Crippen LogP contribution in [0.2, 0.25) is 0 Å². The highest BCUT2D eigenvalue weighted by Gasteiger charge is 2.14. The predicted molar refractivity (Wildman–Crippen MR) is 147 cm³/mol. The summed E-state index contributed by atoms with van der Waals surface area (Å²) in [6.07, 6.45) is 13.5. The van der Waals surface area contributed by atoms with Gasteiger partial charge in [-0.25, -0.2) is 19.9 Å². The van der Waals surface area contributed by atoms with Crippen LogP contribution in [0, 0.1) is 0 Å². The van der Waals surface area contributed by atoms with E-state index in [1.54, 1.807) is 82.9 Å². The van der Waals surface area contributed by atoms with Crippen molar-refractivity contribution in [3.8, 4) is 22.5 Å². The van der Waals surface area contributed by atoms with Gasteiger partial charge in [0.05, 0.1) is 35.2 Å². The van der Waals surface area contributed by atoms with Crippen molar-refractivity contribution in [2.24, 2.45) is 14.1 Å². The van der Waals surface area contributed by atoms with E-state index in [0.717, 1.165) is 22.5 Å². The van der Waals surface area contributed by atoms with Crippen LogP contribution < -0.4 is 10.6 Å². The van der Waals surface area contributed by atoms with Crippen molar-refractivity contribution in [1.82, 2.24) is 49.5 Å². The highest BCUT2D eigenvalue weighted by molar-refractivity contribution is 6.06. The second-order valence-electron chi connectivity index (χ2n) is 8.78. The van der Waals surface area contributed by atoms with Crippen molar-refractivity contribution in [3.05, 3.63) is 97.4 Å². The molecule has 0 aromatic carbocycles. The third-order valence-corrected chi connectivity index (χ3v) is 5.82. The lowest BCUT2D eigenvalue weighted by Crippen LogP contribution is -2.06. The van der Waals surface area contributed by atoms with Crippen molar-refractivity contribution in [1.29, 1.82) is 0 Å². The number of rotatable bonds is 8. The van der Waals surface area contributed by atoms with Gasteiger partial charge < -0.3 is 10.6 Å². The Hall–Kier alpha value is -5.85. The van der Waals surface area contributed by atoms with Gasteiger partial charge in [0.2, 0.25) is 17.7 Å². The van der Waals surface area contributed by atoms with Crippen LogP contribution in [0.5, 0.6) is 0 Å². The summed E-state index contributed by atoms with van der Waals surface area (Å²) in [6.45, 7) is 0. The highest BCUT2D eigenvalue weighted by Crippen LogP contribution is 2.21. The number of pyridine rings is 2. The summed E-state index contributed by atoms with van der Waals surface area (Å²) in [7, 11) is 3.66. The van der Waals surface area contributed by atoms with Crippen LogP contribution in [-0.4, -0.2) is 55.2 Å². The first-order valence-electron chi connectivity index (χ1n) is 12.2. The van der Waals surface area contributed by atoms with Gasteiger partial charge >= 0.3 is 0 Å². The molecule has 0 saturated heterocycles. The minimum Gasteiger partial charge on any atom is -0.321 e. The molecule has 13 heteroatoms. The molecule has 6 rings (SSSR count). The van der Waals surface area contributed by atoms with Crippen LogP contribution in [0.15, 0.2) is 86.0 Å². The van der Waals surface area contributed by atoms with Crippen molar-refractivity contribution in [3.63, 3.8) is 0 Å². The molecule has 0 saturated carbocycles. The largest absolute Gasteiger partial charge is 0.321 e. The third-order valence-electron chi connectivity index (χ3n) is 5.82. The first-order valence-corrected chi connectivity index (χ1v) is 12.2. The Bertz CT molecular complexity index is 1660. The van der Waals surface area contributed by atoms with E-state index in [9.17, 15) is 4.79 Å². The molecule has 0 radical (unpaired) electrons. The number of carbonyl (C=O) groups excluding carboxylic acids is 1. The zero-order chi connectivity index (χ0) is 27.5. The number of hydrogen-bond acceptors (Lipinski definition) is 11. The van der Waals surface area contributed by atoms with E-state index in [1.807, 2.05) is 26.5 Å². The zero-order valence-corrected chi connectivity index (χ0v) is 21.5. The molecule has 0 aliphatic heterocycles. The van der Waals surface area contributed by atoms with Gasteiger partial charge in [-0.05, 0) is 36.4 Å². The molecule has 6 aromatic rings. The number of nitrogens with zero attached hydrogens (tertiary/aromatic N) is 10. The van der Waals surface area contributed by atoms with Gasteiger partial charge in [-0.1, -0.05) is 0 Å². The van der Waals surface area contributed by atoms with E-state index in [0.29, 0.717) is 23.3 Å². The summed E-state index contributed by atoms with van der Waals surface area (Å²) in [5.74, 6) is 0.568. The first-order chi connectivity index (χ1) is 19.5. The van der Waals surface area contributed by atoms with Gasteiger partial charge in [0.25, 0.3) is 0 Å². The highest BCUT2D eigenvalue weighted by atomic mass is 16.1. The molecule has 0 atom stereocenters. The van der Waals surface area contributed by atoms with Crippen molar-refractivity contribution < 1.29 is 4.79 Å². The van der Waals surface area contributed by atoms with E-state index < -0.39 is 0 Å². The molecule has 196 valence electrons. The maximum Gasteiger partial charge on any atom is 0.229 e. The Balaban J connectivity index is 1.15. The molecule has 40 heavy (non-hydrogen) atoms. The van der Waals surface area contributed by atoms with Crippen LogP contribution in [0.25, 0.3) is 22.5 Å². The van der Waals surface area contributed by atoms with Gasteiger partial charge in [0, 0.05) is 62.4 Å². The van der Waals surface area contributed by atoms with Gasteiger partial charge in [0.1, 0.15) is 11.4 Å². The molecule has 13 nitrogen and oxygen atoms in total. The molecule has 2 N–H and O–H groups in total. The molecule has 0 fully saturated rings. The lowest BCUT2D eigenvalue weighted by molar-refractivity contribution is 0.103. The molecule has 6 heterocycles. The number of ketones is 1. The summed E-state index contributed by atoms with van der Waals surface area (Å²) in [4.78, 5) is 39.3. The van der Waals surface area contributed by atoms with Crippen LogP contribution in [-0.2, 0) is 14.1 Å². The van der Waals surface area contributed by atoms with Crippen LogP contribution in [0.3, 0.4) is 0 Å². The Morgan fingerprint density at radius 3 is 1.48 bits per heavy atom. The van der Waals surface area contributed by atoms with E-state index in [4.69, 9.17) is 0 Å². The van der Waals surface area contributed by atoms with Gasteiger partial charge in [0.15, 0.2) is 0 Å². The van der Waals surface area contributed by atoms with Gasteiger partial charge in [-0.15, -0.1) is 0 Å². The fraction of sp³-hybridized carbons (Fsp3) is 0.0741. The molecule has 0 spiro atoms. The number of nitrogens with one attached hydrogen (secondary N) is 2. The maximum absolute atomic E-state index is 13.0. The molecular formula is C27H22N12O. The molecule has 0 bridgehead atoms. The quantitative estimate of drug-likeness (QED) is 0.278. The normalized spacial score (nSPS) is 10.8. The molecular weight excluding hydrogens is 508 g/mol. The minimum atomic E-state index is -0.290. The van der Waals surface area contributed by atoms with Gasteiger partial charge in [-0.2, -0.15) is 10.2 Å². The summed E-state index contributed by atoms with van der Waals surface area (Å²) in [5, 5.41) is 14.5. The zero-order valence-electron chi connectivity index (χ0n) is 21.5. The smallest absolute Gasteiger partial charge is 0.229 e. The summed E-state index contributed by atoms with van der Waals surface area (Å²) in [6, 6.07) is 10.5. The fourth-order valence-corrected chi connectivity index (χ4v) is 3.88. The molecule has 0 aliphatic carbocycles. The maximum atomic E-state index is 13.0. The number of aryl methyl sites for hydroxylation is 2. The molecule has 6 aromatic heterocycles. The van der Waals surface area contributed by atoms with Gasteiger partial charge in [-0.3, -0.25) is 24.1 Å². The molecule has 0 aliphatic rings. The standard InChI is InChI=1S/C27H22N12O/c1-38-15-19(13-32-38)34-26-28-9-7-21(36-26)17-3-5-23(30-11-17)25(40)24-6-4-18(12-31-24)22-8-10-29-27(37-22)35-20-14-33-39(2)16-20/h3-16H,1-2H3,(H,28,34,36)(H,29,35,37). The van der Waals surface area contributed by atoms with E-state index in [1.165, 1.54) is 0 Å². The topological polar surface area (TPSA) is 154 Å². The Kier molecular flexibility index (Phi) is 6.42. The summed E-state index contributed by atoms with van der Waals surface area (Å²) in [5.41, 5.74) is 4.92. The number of anilines is 4. The Morgan fingerprint density at radius 1 is 0.625 bits per heavy atom. The lowest BCUT2D eigenvalue weighted by Gasteiger charge is -2.07. The predicted octanol–water partition coefficient (Wildman–Crippen LogP) is 3.58. The van der Waals surface area contributed by atoms with Crippen LogP contribution >= 0.6 is 0 Å². The lowest BCUT2D eigenvalue weighted by atomic mass is 10.1. The average Bonchev–Trinajstić information content (AvgIpc) is 3.59. The molecule has 0 amide bonds. The number of aromatic nitrogens is 10. The van der Waals surface area contributed by atoms with Crippen LogP contribution in [0.1, 0.15) is 16.2 Å². The third kappa shape index (κ3) is 5.38. The van der Waals surface area contributed by atoms with E-state index >= 15 is 0 Å². The van der Waals surface area contributed by atoms with Crippen LogP contribution in [0.4, 0.5) is 23.3 Å². The minimum absolute atomic E-state index is 0.275. The summed E-state index contributed by atoms with van der Waals surface area (Å²) < 4.78 is 3.37. The average molecular weight is 531 g/mol. The SMILES string of the molecule is Cn1cc(Nc2nccc(-c3ccc(C(=O)c4ccc(-c5ccnc(Nc6cnn(C)c6)n5)cn4)nc3)n2)cn1. The first kappa shape index (κ1) is 24.5. The second kappa shape index (κ2) is 10.5. The Morgan fingerprint density at radius 2 is 1.10 bits per heavy atom. The van der Waals surface area contributed by atoms with Crippen molar-refractivity contribution in [2.45, 2.75) is 0 Å². The number of carbonyl (C=O) groups is 1. The van der Waals surface area contributed by atoms with Crippen molar-refractivity contribution >= 4 is 29.1 Å². The second-order valence-corrected chi connectivity index (χ2v) is 8.78. The number of hydrogen-bond donors (Lipinski definition) is 2. The summed E-state index contributed by atoms with van der Waals surface area (Å²) >= 11 is 0. The monoisotopic (exact) mass is 530 g/mol. The Labute approximate surface area is 228 Å². The van der Waals surface area contributed by atoms with E-state index in [-0.39, 0.29) is 17.2 Å².